The molecule has 1 aromatic rings. The zero-order valence-electron chi connectivity index (χ0n) is 15.5. The van der Waals surface area contributed by atoms with Crippen LogP contribution < -0.4 is 0 Å². The van der Waals surface area contributed by atoms with Gasteiger partial charge in [-0.15, -0.1) is 0 Å². The molecule has 1 atom stereocenters. The minimum atomic E-state index is -0.847. The molecule has 2 heterocycles. The highest BCUT2D eigenvalue weighted by Gasteiger charge is 2.36. The Morgan fingerprint density at radius 2 is 2.12 bits per heavy atom. The Labute approximate surface area is 144 Å². The highest BCUT2D eigenvalue weighted by Crippen LogP contribution is 2.23. The summed E-state index contributed by atoms with van der Waals surface area (Å²) in [4.78, 5) is 25.3. The number of carbonyl (C=O) groups excluding carboxylic acids is 1. The van der Waals surface area contributed by atoms with E-state index < -0.39 is 5.60 Å². The van der Waals surface area contributed by atoms with Crippen LogP contribution in [0.25, 0.3) is 0 Å². The van der Waals surface area contributed by atoms with Crippen molar-refractivity contribution in [3.05, 3.63) is 23.3 Å². The first-order valence-corrected chi connectivity index (χ1v) is 8.69. The summed E-state index contributed by atoms with van der Waals surface area (Å²) < 4.78 is 0. The Balaban J connectivity index is 2.17. The molecule has 1 fully saturated rings. The molecule has 0 aliphatic carbocycles. The smallest absolute Gasteiger partial charge is 0.272 e. The van der Waals surface area contributed by atoms with E-state index in [0.29, 0.717) is 37.1 Å². The number of aryl methyl sites for hydroxylation is 1. The average molecular weight is 334 g/mol. The fraction of sp³-hybridized carbons (Fsp3) is 0.722. The molecule has 0 saturated carbocycles. The Bertz CT molecular complexity index is 588. The zero-order valence-corrected chi connectivity index (χ0v) is 15.5. The molecule has 1 aliphatic heterocycles. The third-order valence-electron chi connectivity index (χ3n) is 4.18. The van der Waals surface area contributed by atoms with Crippen LogP contribution in [0.5, 0.6) is 0 Å². The predicted octanol–water partition coefficient (Wildman–Crippen LogP) is 1.51. The largest absolute Gasteiger partial charge is 0.387 e. The first-order chi connectivity index (χ1) is 11.2. The SMILES string of the molecule is Cc1nc(CC(C)C)cc(C(=O)N2CCC[C@](O)(CN(C)C)C2)n1. The Morgan fingerprint density at radius 1 is 1.42 bits per heavy atom. The standard InChI is InChI=1S/C18H30N4O2/c1-13(2)9-15-10-16(20-14(3)19-15)17(23)22-8-6-7-18(24,12-22)11-21(4)5/h10,13,24H,6-9,11-12H2,1-5H3/t18-/m0/s1. The third kappa shape index (κ3) is 4.98. The minimum absolute atomic E-state index is 0.109. The van der Waals surface area contributed by atoms with Crippen LogP contribution >= 0.6 is 0 Å². The molecule has 134 valence electrons. The van der Waals surface area contributed by atoms with E-state index in [2.05, 4.69) is 23.8 Å². The van der Waals surface area contributed by atoms with Gasteiger partial charge in [0.2, 0.25) is 0 Å². The highest BCUT2D eigenvalue weighted by atomic mass is 16.3. The van der Waals surface area contributed by atoms with Crippen molar-refractivity contribution in [3.63, 3.8) is 0 Å². The van der Waals surface area contributed by atoms with Crippen LogP contribution in [-0.2, 0) is 6.42 Å². The zero-order chi connectivity index (χ0) is 17.9. The van der Waals surface area contributed by atoms with Crippen LogP contribution in [0.3, 0.4) is 0 Å². The molecular formula is C18H30N4O2. The number of hydrogen-bond acceptors (Lipinski definition) is 5. The molecule has 1 saturated heterocycles. The highest BCUT2D eigenvalue weighted by molar-refractivity contribution is 5.92. The molecule has 0 unspecified atom stereocenters. The van der Waals surface area contributed by atoms with Gasteiger partial charge in [0.25, 0.3) is 5.91 Å². The van der Waals surface area contributed by atoms with Gasteiger partial charge in [-0.2, -0.15) is 0 Å². The molecule has 6 heteroatoms. The van der Waals surface area contributed by atoms with Crippen molar-refractivity contribution in [2.45, 2.75) is 45.6 Å². The molecule has 1 N–H and O–H groups in total. The van der Waals surface area contributed by atoms with Crippen LogP contribution in [0.15, 0.2) is 6.07 Å². The van der Waals surface area contributed by atoms with Gasteiger partial charge in [-0.25, -0.2) is 9.97 Å². The topological polar surface area (TPSA) is 69.6 Å². The van der Waals surface area contributed by atoms with Gasteiger partial charge < -0.3 is 14.9 Å². The van der Waals surface area contributed by atoms with E-state index in [0.717, 1.165) is 25.0 Å². The van der Waals surface area contributed by atoms with Gasteiger partial charge in [0, 0.05) is 18.8 Å². The molecule has 24 heavy (non-hydrogen) atoms. The van der Waals surface area contributed by atoms with Crippen LogP contribution in [0, 0.1) is 12.8 Å². The minimum Gasteiger partial charge on any atom is -0.387 e. The molecule has 0 radical (unpaired) electrons. The molecule has 0 aromatic carbocycles. The lowest BCUT2D eigenvalue weighted by Crippen LogP contribution is -2.54. The molecule has 1 aromatic heterocycles. The van der Waals surface area contributed by atoms with Crippen molar-refractivity contribution in [2.75, 3.05) is 33.7 Å². The van der Waals surface area contributed by atoms with Gasteiger partial charge in [0.15, 0.2) is 0 Å². The summed E-state index contributed by atoms with van der Waals surface area (Å²) in [7, 11) is 3.87. The number of β-amino-alcohol motifs (C(OH)–C–C–N with tert-alkyl or cyclic N) is 1. The summed E-state index contributed by atoms with van der Waals surface area (Å²) in [6.07, 6.45) is 2.35. The summed E-state index contributed by atoms with van der Waals surface area (Å²) in [6, 6.07) is 1.80. The number of piperidine rings is 1. The second kappa shape index (κ2) is 7.57. The van der Waals surface area contributed by atoms with E-state index in [4.69, 9.17) is 0 Å². The number of rotatable bonds is 5. The monoisotopic (exact) mass is 334 g/mol. The van der Waals surface area contributed by atoms with E-state index in [-0.39, 0.29) is 5.91 Å². The maximum absolute atomic E-state index is 12.9. The number of likely N-dealkylation sites (tertiary alicyclic amines) is 1. The molecule has 1 amide bonds. The van der Waals surface area contributed by atoms with E-state index in [1.54, 1.807) is 11.0 Å². The first kappa shape index (κ1) is 18.8. The lowest BCUT2D eigenvalue weighted by atomic mass is 9.92. The fourth-order valence-corrected chi connectivity index (χ4v) is 3.43. The van der Waals surface area contributed by atoms with Crippen molar-refractivity contribution in [3.8, 4) is 0 Å². The van der Waals surface area contributed by atoms with Gasteiger partial charge in [0.05, 0.1) is 12.1 Å². The number of aliphatic hydroxyl groups is 1. The normalized spacial score (nSPS) is 21.6. The van der Waals surface area contributed by atoms with Crippen LogP contribution in [0.4, 0.5) is 0 Å². The van der Waals surface area contributed by atoms with Crippen LogP contribution in [-0.4, -0.2) is 70.1 Å². The molecule has 0 bridgehead atoms. The van der Waals surface area contributed by atoms with Crippen LogP contribution in [0.1, 0.15) is 48.7 Å². The Morgan fingerprint density at radius 3 is 2.75 bits per heavy atom. The van der Waals surface area contributed by atoms with E-state index in [1.807, 2.05) is 25.9 Å². The van der Waals surface area contributed by atoms with Gasteiger partial charge in [-0.05, 0) is 52.3 Å². The predicted molar refractivity (Wildman–Crippen MR) is 94.0 cm³/mol. The Kier molecular flexibility index (Phi) is 5.93. The summed E-state index contributed by atoms with van der Waals surface area (Å²) in [5.41, 5.74) is 0.494. The molecule has 1 aliphatic rings. The molecule has 6 nitrogen and oxygen atoms in total. The maximum Gasteiger partial charge on any atom is 0.272 e. The van der Waals surface area contributed by atoms with E-state index in [9.17, 15) is 9.90 Å². The van der Waals surface area contributed by atoms with Crippen molar-refractivity contribution in [2.24, 2.45) is 5.92 Å². The molecule has 2 rings (SSSR count). The van der Waals surface area contributed by atoms with E-state index in [1.165, 1.54) is 0 Å². The van der Waals surface area contributed by atoms with Gasteiger partial charge in [-0.3, -0.25) is 4.79 Å². The first-order valence-electron chi connectivity index (χ1n) is 8.69. The van der Waals surface area contributed by atoms with Crippen molar-refractivity contribution in [1.29, 1.82) is 0 Å². The summed E-state index contributed by atoms with van der Waals surface area (Å²) in [6.45, 7) is 7.65. The lowest BCUT2D eigenvalue weighted by Gasteiger charge is -2.40. The van der Waals surface area contributed by atoms with Gasteiger partial charge >= 0.3 is 0 Å². The number of likely N-dealkylation sites (N-methyl/N-ethyl adjacent to an activating group) is 1. The quantitative estimate of drug-likeness (QED) is 0.884. The number of amides is 1. The second-order valence-corrected chi connectivity index (χ2v) is 7.68. The number of aromatic nitrogens is 2. The van der Waals surface area contributed by atoms with Gasteiger partial charge in [0.1, 0.15) is 11.5 Å². The maximum atomic E-state index is 12.9. The second-order valence-electron chi connectivity index (χ2n) is 7.68. The lowest BCUT2D eigenvalue weighted by molar-refractivity contribution is -0.0392. The molecule has 0 spiro atoms. The van der Waals surface area contributed by atoms with Crippen LogP contribution in [0.2, 0.25) is 0 Å². The fourth-order valence-electron chi connectivity index (χ4n) is 3.43. The van der Waals surface area contributed by atoms with E-state index >= 15 is 0 Å². The molecular weight excluding hydrogens is 304 g/mol. The summed E-state index contributed by atoms with van der Waals surface area (Å²) >= 11 is 0. The van der Waals surface area contributed by atoms with Crippen molar-refractivity contribution >= 4 is 5.91 Å². The van der Waals surface area contributed by atoms with Crippen molar-refractivity contribution < 1.29 is 9.90 Å². The van der Waals surface area contributed by atoms with Gasteiger partial charge in [-0.1, -0.05) is 13.8 Å². The summed E-state index contributed by atoms with van der Waals surface area (Å²) in [5, 5.41) is 10.8. The average Bonchev–Trinajstić information content (AvgIpc) is 2.43. The third-order valence-corrected chi connectivity index (χ3v) is 4.18. The van der Waals surface area contributed by atoms with Crippen molar-refractivity contribution in [1.82, 2.24) is 19.8 Å². The Hall–Kier alpha value is -1.53. The number of hydrogen-bond donors (Lipinski definition) is 1. The summed E-state index contributed by atoms with van der Waals surface area (Å²) in [5.74, 6) is 0.988. The number of nitrogens with zero attached hydrogens (tertiary/aromatic N) is 4. The number of carbonyl (C=O) groups is 1.